The fraction of sp³-hybridized carbons (Fsp3) is 0.750. The van der Waals surface area contributed by atoms with Gasteiger partial charge in [0.05, 0.1) is 12.6 Å². The van der Waals surface area contributed by atoms with Crippen LogP contribution in [0, 0.1) is 19.3 Å². The molecule has 2 rings (SSSR count). The van der Waals surface area contributed by atoms with Crippen LogP contribution < -0.4 is 15.4 Å². The molecule has 1 fully saturated rings. The van der Waals surface area contributed by atoms with Crippen molar-refractivity contribution in [2.45, 2.75) is 44.6 Å². The molecule has 0 bridgehead atoms. The lowest BCUT2D eigenvalue weighted by atomic mass is 9.79. The van der Waals surface area contributed by atoms with Crippen LogP contribution in [0.3, 0.4) is 0 Å². The van der Waals surface area contributed by atoms with E-state index in [1.807, 2.05) is 0 Å². The fourth-order valence-corrected chi connectivity index (χ4v) is 4.80. The molecule has 10 heteroatoms. The minimum atomic E-state index is -3.89. The first-order chi connectivity index (χ1) is 12.2. The Kier molecular flexibility index (Phi) is 6.78. The zero-order valence-corrected chi connectivity index (χ0v) is 16.5. The Balaban J connectivity index is 1.99. The number of nitrogens with one attached hydrogen (secondary N) is 3. The van der Waals surface area contributed by atoms with E-state index >= 15 is 0 Å². The lowest BCUT2D eigenvalue weighted by molar-refractivity contribution is -0.123. The van der Waals surface area contributed by atoms with E-state index in [4.69, 9.17) is 9.26 Å². The largest absolute Gasteiger partial charge is 0.384 e. The number of aromatic nitrogens is 1. The van der Waals surface area contributed by atoms with E-state index in [1.54, 1.807) is 14.0 Å². The molecule has 9 nitrogen and oxygen atoms in total. The molecular formula is C16H28N4O5S. The second-order valence-electron chi connectivity index (χ2n) is 6.90. The van der Waals surface area contributed by atoms with Gasteiger partial charge in [-0.25, -0.2) is 8.42 Å². The predicted octanol–water partition coefficient (Wildman–Crippen LogP) is 0.0906. The molecule has 0 aromatic carbocycles. The van der Waals surface area contributed by atoms with Gasteiger partial charge in [0.15, 0.2) is 5.76 Å². The number of hydrogen-bond donors (Lipinski definition) is 3. The van der Waals surface area contributed by atoms with E-state index in [1.165, 1.54) is 13.8 Å². The first kappa shape index (κ1) is 20.8. The standard InChI is InChI=1S/C16H28N4O5S/c1-11-14(13(3)25-19-11)26(22,23)20-12(2)15(21)18-9-16(10-24-4)5-7-17-8-6-16/h12,17,20H,5-10H2,1-4H3,(H,18,21). The van der Waals surface area contributed by atoms with E-state index in [-0.39, 0.29) is 27.7 Å². The summed E-state index contributed by atoms with van der Waals surface area (Å²) >= 11 is 0. The maximum atomic E-state index is 12.5. The molecule has 1 aromatic rings. The van der Waals surface area contributed by atoms with Crippen molar-refractivity contribution < 1.29 is 22.5 Å². The van der Waals surface area contributed by atoms with Gasteiger partial charge in [0.1, 0.15) is 10.6 Å². The molecule has 3 N–H and O–H groups in total. The van der Waals surface area contributed by atoms with Crippen molar-refractivity contribution in [1.29, 1.82) is 0 Å². The Morgan fingerprint density at radius 2 is 2.04 bits per heavy atom. The third-order valence-corrected chi connectivity index (χ3v) is 6.50. The Bertz CT molecular complexity index is 700. The van der Waals surface area contributed by atoms with Gasteiger partial charge in [-0.15, -0.1) is 0 Å². The van der Waals surface area contributed by atoms with Crippen LogP contribution in [-0.4, -0.2) is 58.9 Å². The number of hydrogen-bond acceptors (Lipinski definition) is 7. The molecule has 0 aliphatic carbocycles. The summed E-state index contributed by atoms with van der Waals surface area (Å²) in [5.74, 6) is -0.189. The van der Waals surface area contributed by atoms with Gasteiger partial charge < -0.3 is 19.9 Å². The summed E-state index contributed by atoms with van der Waals surface area (Å²) in [6.07, 6.45) is 1.78. The number of carbonyl (C=O) groups is 1. The summed E-state index contributed by atoms with van der Waals surface area (Å²) in [6.45, 7) is 7.30. The van der Waals surface area contributed by atoms with Crippen LogP contribution in [0.1, 0.15) is 31.2 Å². The quantitative estimate of drug-likeness (QED) is 0.577. The summed E-state index contributed by atoms with van der Waals surface area (Å²) in [6, 6.07) is -0.921. The molecule has 1 aliphatic rings. The molecule has 1 amide bonds. The third kappa shape index (κ3) is 4.81. The lowest BCUT2D eigenvalue weighted by Crippen LogP contribution is -2.51. The summed E-state index contributed by atoms with van der Waals surface area (Å²) in [5.41, 5.74) is 0.131. The average molecular weight is 388 g/mol. The van der Waals surface area contributed by atoms with Crippen molar-refractivity contribution in [3.05, 3.63) is 11.5 Å². The second kappa shape index (κ2) is 8.47. The lowest BCUT2D eigenvalue weighted by Gasteiger charge is -2.37. The van der Waals surface area contributed by atoms with Crippen molar-refractivity contribution in [3.8, 4) is 0 Å². The van der Waals surface area contributed by atoms with Gasteiger partial charge in [-0.3, -0.25) is 4.79 Å². The molecule has 1 aliphatic heterocycles. The molecular weight excluding hydrogens is 360 g/mol. The van der Waals surface area contributed by atoms with Crippen molar-refractivity contribution >= 4 is 15.9 Å². The molecule has 1 unspecified atom stereocenters. The van der Waals surface area contributed by atoms with Crippen LogP contribution in [0.5, 0.6) is 0 Å². The van der Waals surface area contributed by atoms with Crippen LogP contribution >= 0.6 is 0 Å². The van der Waals surface area contributed by atoms with Crippen molar-refractivity contribution in [3.63, 3.8) is 0 Å². The van der Waals surface area contributed by atoms with Crippen molar-refractivity contribution in [2.75, 3.05) is 33.4 Å². The smallest absolute Gasteiger partial charge is 0.246 e. The SMILES string of the molecule is COCC1(CNC(=O)C(C)NS(=O)(=O)c2c(C)noc2C)CCNCC1. The molecule has 26 heavy (non-hydrogen) atoms. The predicted molar refractivity (Wildman–Crippen MR) is 95.2 cm³/mol. The molecule has 0 radical (unpaired) electrons. The van der Waals surface area contributed by atoms with Gasteiger partial charge in [0.2, 0.25) is 15.9 Å². The first-order valence-electron chi connectivity index (χ1n) is 8.63. The summed E-state index contributed by atoms with van der Waals surface area (Å²) < 4.78 is 37.6. The van der Waals surface area contributed by atoms with Crippen LogP contribution in [-0.2, 0) is 19.6 Å². The zero-order valence-electron chi connectivity index (χ0n) is 15.7. The van der Waals surface area contributed by atoms with E-state index in [9.17, 15) is 13.2 Å². The minimum Gasteiger partial charge on any atom is -0.384 e. The average Bonchev–Trinajstić information content (AvgIpc) is 2.93. The molecule has 0 saturated carbocycles. The highest BCUT2D eigenvalue weighted by molar-refractivity contribution is 7.89. The normalized spacial score (nSPS) is 18.5. The second-order valence-corrected chi connectivity index (χ2v) is 8.55. The number of sulfonamides is 1. The molecule has 148 valence electrons. The molecule has 1 atom stereocenters. The summed E-state index contributed by atoms with van der Waals surface area (Å²) in [4.78, 5) is 12.4. The van der Waals surface area contributed by atoms with Crippen LogP contribution in [0.25, 0.3) is 0 Å². The number of nitrogens with zero attached hydrogens (tertiary/aromatic N) is 1. The minimum absolute atomic E-state index is 0.0219. The highest BCUT2D eigenvalue weighted by atomic mass is 32.2. The monoisotopic (exact) mass is 388 g/mol. The van der Waals surface area contributed by atoms with Crippen LogP contribution in [0.15, 0.2) is 9.42 Å². The highest BCUT2D eigenvalue weighted by Gasteiger charge is 2.34. The first-order valence-corrected chi connectivity index (χ1v) is 10.1. The number of ether oxygens (including phenoxy) is 1. The maximum Gasteiger partial charge on any atom is 0.246 e. The van der Waals surface area contributed by atoms with Gasteiger partial charge in [0.25, 0.3) is 0 Å². The zero-order chi connectivity index (χ0) is 19.4. The van der Waals surface area contributed by atoms with Crippen LogP contribution in [0.2, 0.25) is 0 Å². The molecule has 1 saturated heterocycles. The molecule has 0 spiro atoms. The number of aryl methyl sites for hydroxylation is 2. The number of carbonyl (C=O) groups excluding carboxylic acids is 1. The maximum absolute atomic E-state index is 12.5. The van der Waals surface area contributed by atoms with E-state index in [0.29, 0.717) is 13.2 Å². The summed E-state index contributed by atoms with van der Waals surface area (Å²) in [7, 11) is -2.25. The number of methoxy groups -OCH3 is 1. The Labute approximate surface area is 154 Å². The Morgan fingerprint density at radius 3 is 2.58 bits per heavy atom. The molecule has 1 aromatic heterocycles. The van der Waals surface area contributed by atoms with E-state index < -0.39 is 16.1 Å². The van der Waals surface area contributed by atoms with Crippen molar-refractivity contribution in [2.24, 2.45) is 5.41 Å². The Hall–Kier alpha value is -1.49. The number of piperidine rings is 1. The highest BCUT2D eigenvalue weighted by Crippen LogP contribution is 2.28. The summed E-state index contributed by atoms with van der Waals surface area (Å²) in [5, 5.41) is 9.80. The van der Waals surface area contributed by atoms with Gasteiger partial charge in [0, 0.05) is 19.1 Å². The van der Waals surface area contributed by atoms with Gasteiger partial charge >= 0.3 is 0 Å². The Morgan fingerprint density at radius 1 is 1.38 bits per heavy atom. The van der Waals surface area contributed by atoms with E-state index in [0.717, 1.165) is 25.9 Å². The van der Waals surface area contributed by atoms with Gasteiger partial charge in [-0.2, -0.15) is 4.72 Å². The van der Waals surface area contributed by atoms with Gasteiger partial charge in [-0.05, 0) is 46.7 Å². The molecule has 2 heterocycles. The third-order valence-electron chi connectivity index (χ3n) is 4.71. The van der Waals surface area contributed by atoms with E-state index in [2.05, 4.69) is 20.5 Å². The van der Waals surface area contributed by atoms with Crippen molar-refractivity contribution in [1.82, 2.24) is 20.5 Å². The van der Waals surface area contributed by atoms with Gasteiger partial charge in [-0.1, -0.05) is 5.16 Å². The topological polar surface area (TPSA) is 123 Å². The number of amides is 1. The number of rotatable bonds is 8. The fourth-order valence-electron chi connectivity index (χ4n) is 3.27. The van der Waals surface area contributed by atoms with Crippen LogP contribution in [0.4, 0.5) is 0 Å².